The third-order valence-electron chi connectivity index (χ3n) is 3.38. The smallest absolute Gasteiger partial charge is 0.220 e. The molecule has 0 saturated heterocycles. The summed E-state index contributed by atoms with van der Waals surface area (Å²) in [4.78, 5) is 11.7. The van der Waals surface area contributed by atoms with Crippen molar-refractivity contribution in [3.05, 3.63) is 5.82 Å². The number of amides is 1. The summed E-state index contributed by atoms with van der Waals surface area (Å²) in [5, 5.41) is 16.4. The standard InChI is InChI=1S/C11H19N5O/c1-8(11-13-15-16-14-11)12-10(17)7-6-9-4-2-3-5-9/h8-9H,2-7H2,1H3,(H,12,17)(H,13,14,15,16). The van der Waals surface area contributed by atoms with Crippen LogP contribution in [-0.4, -0.2) is 26.5 Å². The molecule has 1 aliphatic carbocycles. The van der Waals surface area contributed by atoms with Gasteiger partial charge in [0, 0.05) is 6.42 Å². The minimum Gasteiger partial charge on any atom is -0.346 e. The molecule has 17 heavy (non-hydrogen) atoms. The number of carbonyl (C=O) groups excluding carboxylic acids is 1. The van der Waals surface area contributed by atoms with Crippen LogP contribution in [0.15, 0.2) is 0 Å². The zero-order valence-corrected chi connectivity index (χ0v) is 10.1. The minimum absolute atomic E-state index is 0.0780. The lowest BCUT2D eigenvalue weighted by atomic mass is 10.0. The summed E-state index contributed by atoms with van der Waals surface area (Å²) in [6.07, 6.45) is 6.83. The van der Waals surface area contributed by atoms with Crippen LogP contribution in [0.2, 0.25) is 0 Å². The van der Waals surface area contributed by atoms with Gasteiger partial charge >= 0.3 is 0 Å². The molecule has 1 saturated carbocycles. The summed E-state index contributed by atoms with van der Waals surface area (Å²) < 4.78 is 0. The summed E-state index contributed by atoms with van der Waals surface area (Å²) in [6, 6.07) is -0.176. The maximum absolute atomic E-state index is 11.7. The Kier molecular flexibility index (Phi) is 4.06. The van der Waals surface area contributed by atoms with Crippen LogP contribution in [0, 0.1) is 5.92 Å². The van der Waals surface area contributed by atoms with Gasteiger partial charge < -0.3 is 5.32 Å². The van der Waals surface area contributed by atoms with Crippen molar-refractivity contribution in [3.8, 4) is 0 Å². The molecular weight excluding hydrogens is 218 g/mol. The van der Waals surface area contributed by atoms with E-state index in [4.69, 9.17) is 0 Å². The molecule has 1 amide bonds. The van der Waals surface area contributed by atoms with E-state index in [1.54, 1.807) is 0 Å². The number of hydrogen-bond donors (Lipinski definition) is 2. The second-order valence-electron chi connectivity index (χ2n) is 4.75. The first kappa shape index (κ1) is 12.0. The maximum Gasteiger partial charge on any atom is 0.220 e. The van der Waals surface area contributed by atoms with Crippen LogP contribution in [0.4, 0.5) is 0 Å². The van der Waals surface area contributed by atoms with Gasteiger partial charge in [0.15, 0.2) is 5.82 Å². The molecule has 0 aromatic carbocycles. The SMILES string of the molecule is CC(NC(=O)CCC1CCCC1)c1nn[nH]n1. The topological polar surface area (TPSA) is 83.6 Å². The summed E-state index contributed by atoms with van der Waals surface area (Å²) in [5.41, 5.74) is 0. The third kappa shape index (κ3) is 3.51. The Hall–Kier alpha value is -1.46. The second-order valence-corrected chi connectivity index (χ2v) is 4.75. The largest absolute Gasteiger partial charge is 0.346 e. The van der Waals surface area contributed by atoms with E-state index in [-0.39, 0.29) is 11.9 Å². The summed E-state index contributed by atoms with van der Waals surface area (Å²) in [6.45, 7) is 1.86. The molecule has 2 N–H and O–H groups in total. The number of nitrogens with zero attached hydrogens (tertiary/aromatic N) is 3. The van der Waals surface area contributed by atoms with Crippen molar-refractivity contribution in [1.29, 1.82) is 0 Å². The first-order chi connectivity index (χ1) is 8.25. The second kappa shape index (κ2) is 5.75. The van der Waals surface area contributed by atoms with E-state index in [0.717, 1.165) is 12.3 Å². The van der Waals surface area contributed by atoms with Gasteiger partial charge in [-0.1, -0.05) is 30.9 Å². The summed E-state index contributed by atoms with van der Waals surface area (Å²) in [5.74, 6) is 1.36. The molecule has 0 aliphatic heterocycles. The van der Waals surface area contributed by atoms with E-state index in [0.29, 0.717) is 12.2 Å². The molecule has 1 aliphatic rings. The van der Waals surface area contributed by atoms with Crippen molar-refractivity contribution in [2.45, 2.75) is 51.5 Å². The highest BCUT2D eigenvalue weighted by Crippen LogP contribution is 2.28. The van der Waals surface area contributed by atoms with E-state index in [9.17, 15) is 4.79 Å². The molecule has 6 nitrogen and oxygen atoms in total. The Morgan fingerprint density at radius 2 is 2.29 bits per heavy atom. The average molecular weight is 237 g/mol. The Bertz CT molecular complexity index is 345. The number of carbonyl (C=O) groups is 1. The number of tetrazole rings is 1. The van der Waals surface area contributed by atoms with E-state index < -0.39 is 0 Å². The number of hydrogen-bond acceptors (Lipinski definition) is 4. The van der Waals surface area contributed by atoms with Crippen molar-refractivity contribution < 1.29 is 4.79 Å². The fraction of sp³-hybridized carbons (Fsp3) is 0.818. The number of H-pyrrole nitrogens is 1. The molecular formula is C11H19N5O. The number of rotatable bonds is 5. The van der Waals surface area contributed by atoms with Crippen LogP contribution < -0.4 is 5.32 Å². The number of aromatic amines is 1. The van der Waals surface area contributed by atoms with E-state index in [1.165, 1.54) is 25.7 Å². The molecule has 1 aromatic heterocycles. The van der Waals surface area contributed by atoms with Crippen LogP contribution in [0.5, 0.6) is 0 Å². The fourth-order valence-corrected chi connectivity index (χ4v) is 2.37. The lowest BCUT2D eigenvalue weighted by molar-refractivity contribution is -0.122. The Morgan fingerprint density at radius 1 is 1.53 bits per heavy atom. The lowest BCUT2D eigenvalue weighted by Crippen LogP contribution is -2.27. The van der Waals surface area contributed by atoms with Crippen molar-refractivity contribution >= 4 is 5.91 Å². The summed E-state index contributed by atoms with van der Waals surface area (Å²) in [7, 11) is 0. The number of nitrogens with one attached hydrogen (secondary N) is 2. The van der Waals surface area contributed by atoms with Gasteiger partial charge in [-0.25, -0.2) is 0 Å². The molecule has 2 rings (SSSR count). The molecule has 94 valence electrons. The van der Waals surface area contributed by atoms with Crippen LogP contribution in [0.3, 0.4) is 0 Å². The highest BCUT2D eigenvalue weighted by Gasteiger charge is 2.18. The molecule has 6 heteroatoms. The van der Waals surface area contributed by atoms with Gasteiger partial charge in [-0.05, 0) is 19.3 Å². The van der Waals surface area contributed by atoms with Crippen LogP contribution in [0.25, 0.3) is 0 Å². The van der Waals surface area contributed by atoms with Gasteiger partial charge in [-0.3, -0.25) is 4.79 Å². The Morgan fingerprint density at radius 3 is 2.94 bits per heavy atom. The minimum atomic E-state index is -0.176. The molecule has 0 radical (unpaired) electrons. The predicted octanol–water partition coefficient (Wildman–Crippen LogP) is 1.35. The first-order valence-corrected chi connectivity index (χ1v) is 6.28. The van der Waals surface area contributed by atoms with Crippen molar-refractivity contribution in [1.82, 2.24) is 25.9 Å². The normalized spacial score (nSPS) is 18.2. The third-order valence-corrected chi connectivity index (χ3v) is 3.38. The molecule has 0 spiro atoms. The molecule has 1 heterocycles. The Balaban J connectivity index is 1.69. The lowest BCUT2D eigenvalue weighted by Gasteiger charge is -2.11. The van der Waals surface area contributed by atoms with E-state index in [1.807, 2.05) is 6.92 Å². The predicted molar refractivity (Wildman–Crippen MR) is 61.9 cm³/mol. The quantitative estimate of drug-likeness (QED) is 0.809. The van der Waals surface area contributed by atoms with E-state index >= 15 is 0 Å². The van der Waals surface area contributed by atoms with Gasteiger partial charge in [-0.15, -0.1) is 10.2 Å². The van der Waals surface area contributed by atoms with Crippen molar-refractivity contribution in [3.63, 3.8) is 0 Å². The molecule has 1 fully saturated rings. The van der Waals surface area contributed by atoms with Crippen molar-refractivity contribution in [2.75, 3.05) is 0 Å². The monoisotopic (exact) mass is 237 g/mol. The molecule has 1 unspecified atom stereocenters. The van der Waals surface area contributed by atoms with Gasteiger partial charge in [0.05, 0.1) is 6.04 Å². The maximum atomic E-state index is 11.7. The van der Waals surface area contributed by atoms with Gasteiger partial charge in [0.2, 0.25) is 5.91 Å². The molecule has 0 bridgehead atoms. The average Bonchev–Trinajstić information content (AvgIpc) is 2.99. The van der Waals surface area contributed by atoms with Gasteiger partial charge in [0.25, 0.3) is 0 Å². The number of aromatic nitrogens is 4. The summed E-state index contributed by atoms with van der Waals surface area (Å²) >= 11 is 0. The highest BCUT2D eigenvalue weighted by molar-refractivity contribution is 5.76. The first-order valence-electron chi connectivity index (χ1n) is 6.28. The molecule has 1 aromatic rings. The van der Waals surface area contributed by atoms with E-state index in [2.05, 4.69) is 25.9 Å². The highest BCUT2D eigenvalue weighted by atomic mass is 16.1. The Labute approximate surface area is 101 Å². The van der Waals surface area contributed by atoms with Crippen LogP contribution in [0.1, 0.15) is 57.3 Å². The van der Waals surface area contributed by atoms with Crippen LogP contribution >= 0.6 is 0 Å². The van der Waals surface area contributed by atoms with Crippen LogP contribution in [-0.2, 0) is 4.79 Å². The zero-order chi connectivity index (χ0) is 12.1. The van der Waals surface area contributed by atoms with Gasteiger partial charge in [-0.2, -0.15) is 5.21 Å². The zero-order valence-electron chi connectivity index (χ0n) is 10.1. The molecule has 1 atom stereocenters. The van der Waals surface area contributed by atoms with Crippen molar-refractivity contribution in [2.24, 2.45) is 5.92 Å². The fourth-order valence-electron chi connectivity index (χ4n) is 2.37. The van der Waals surface area contributed by atoms with Gasteiger partial charge in [0.1, 0.15) is 0 Å².